The molecular weight excluding hydrogens is 312 g/mol. The molecule has 0 radical (unpaired) electrons. The van der Waals surface area contributed by atoms with Crippen molar-refractivity contribution in [3.63, 3.8) is 0 Å². The summed E-state index contributed by atoms with van der Waals surface area (Å²) >= 11 is 1.42. The van der Waals surface area contributed by atoms with E-state index >= 15 is 0 Å². The summed E-state index contributed by atoms with van der Waals surface area (Å²) in [5, 5.41) is 13.3. The van der Waals surface area contributed by atoms with E-state index < -0.39 is 18.1 Å². The first kappa shape index (κ1) is 14.9. The van der Waals surface area contributed by atoms with Crippen LogP contribution in [0.3, 0.4) is 0 Å². The number of halogens is 2. The van der Waals surface area contributed by atoms with Crippen LogP contribution in [0, 0.1) is 0 Å². The Balaban J connectivity index is 2.10. The Hall–Kier alpha value is -1.99. The molecule has 22 heavy (non-hydrogen) atoms. The Kier molecular flexibility index (Phi) is 3.62. The van der Waals surface area contributed by atoms with Crippen molar-refractivity contribution in [3.8, 4) is 5.75 Å². The summed E-state index contributed by atoms with van der Waals surface area (Å²) in [7, 11) is 0. The minimum atomic E-state index is -3.95. The minimum absolute atomic E-state index is 0.0253. The van der Waals surface area contributed by atoms with Gasteiger partial charge in [0, 0.05) is 5.56 Å². The number of alkyl halides is 2. The number of rotatable bonds is 3. The van der Waals surface area contributed by atoms with E-state index in [0.29, 0.717) is 0 Å². The number of hydrogen-bond acceptors (Lipinski definition) is 4. The minimum Gasteiger partial charge on any atom is -0.423 e. The maximum atomic E-state index is 13.9. The van der Waals surface area contributed by atoms with Crippen molar-refractivity contribution in [3.05, 3.63) is 46.2 Å². The fourth-order valence-corrected chi connectivity index (χ4v) is 3.02. The van der Waals surface area contributed by atoms with Gasteiger partial charge in [0.05, 0.1) is 18.3 Å². The number of nitrogens with zero attached hydrogens (tertiary/aromatic N) is 1. The van der Waals surface area contributed by atoms with Gasteiger partial charge in [-0.25, -0.2) is 0 Å². The first-order valence-corrected chi connectivity index (χ1v) is 7.55. The van der Waals surface area contributed by atoms with Gasteiger partial charge in [-0.15, -0.1) is 0 Å². The molecule has 116 valence electrons. The van der Waals surface area contributed by atoms with Crippen LogP contribution in [0.1, 0.15) is 24.2 Å². The second-order valence-corrected chi connectivity index (χ2v) is 5.79. The first-order valence-electron chi connectivity index (χ1n) is 6.61. The SMILES string of the molecule is CC(O)c1cccc2c1OC(F)(F)C(=O)N2Cc1ccsc1. The molecular formula is C15H13F2NO3S. The third kappa shape index (κ3) is 2.46. The van der Waals surface area contributed by atoms with Crippen molar-refractivity contribution in [1.82, 2.24) is 0 Å². The molecule has 2 heterocycles. The highest BCUT2D eigenvalue weighted by Gasteiger charge is 2.51. The van der Waals surface area contributed by atoms with Gasteiger partial charge in [-0.2, -0.15) is 20.1 Å². The highest BCUT2D eigenvalue weighted by Crippen LogP contribution is 2.44. The van der Waals surface area contributed by atoms with Crippen LogP contribution in [0.5, 0.6) is 5.75 Å². The lowest BCUT2D eigenvalue weighted by molar-refractivity contribution is -0.193. The third-order valence-corrected chi connectivity index (χ3v) is 4.14. The molecule has 4 nitrogen and oxygen atoms in total. The van der Waals surface area contributed by atoms with Gasteiger partial charge in [0.25, 0.3) is 0 Å². The maximum Gasteiger partial charge on any atom is 0.483 e. The van der Waals surface area contributed by atoms with Gasteiger partial charge in [0.2, 0.25) is 0 Å². The lowest BCUT2D eigenvalue weighted by Crippen LogP contribution is -2.50. The number of amides is 1. The number of aliphatic hydroxyl groups excluding tert-OH is 1. The lowest BCUT2D eigenvalue weighted by atomic mass is 10.1. The molecule has 1 aliphatic rings. The zero-order valence-corrected chi connectivity index (χ0v) is 12.4. The highest BCUT2D eigenvalue weighted by atomic mass is 32.1. The van der Waals surface area contributed by atoms with E-state index in [1.807, 2.05) is 5.38 Å². The predicted molar refractivity (Wildman–Crippen MR) is 78.2 cm³/mol. The zero-order valence-electron chi connectivity index (χ0n) is 11.6. The predicted octanol–water partition coefficient (Wildman–Crippen LogP) is 3.32. The summed E-state index contributed by atoms with van der Waals surface area (Å²) in [5.74, 6) is -1.56. The van der Waals surface area contributed by atoms with Crippen LogP contribution >= 0.6 is 11.3 Å². The first-order chi connectivity index (χ1) is 10.4. The number of para-hydroxylation sites is 1. The van der Waals surface area contributed by atoms with Gasteiger partial charge in [0.15, 0.2) is 5.75 Å². The molecule has 0 fully saturated rings. The molecule has 1 N–H and O–H groups in total. The Morgan fingerprint density at radius 1 is 1.41 bits per heavy atom. The molecule has 0 saturated heterocycles. The van der Waals surface area contributed by atoms with Crippen LogP contribution in [0.4, 0.5) is 14.5 Å². The molecule has 0 aliphatic carbocycles. The fourth-order valence-electron chi connectivity index (χ4n) is 2.36. The second kappa shape index (κ2) is 5.33. The van der Waals surface area contributed by atoms with E-state index in [1.54, 1.807) is 17.5 Å². The second-order valence-electron chi connectivity index (χ2n) is 5.01. The van der Waals surface area contributed by atoms with Crippen LogP contribution in [0.25, 0.3) is 0 Å². The van der Waals surface area contributed by atoms with Crippen LogP contribution in [-0.2, 0) is 11.3 Å². The molecule has 1 amide bonds. The summed E-state index contributed by atoms with van der Waals surface area (Å²) in [6, 6.07) is 6.39. The normalized spacial score (nSPS) is 17.8. The number of aliphatic hydroxyl groups is 1. The molecule has 7 heteroatoms. The highest BCUT2D eigenvalue weighted by molar-refractivity contribution is 7.07. The molecule has 1 aromatic carbocycles. The number of thiophene rings is 1. The van der Waals surface area contributed by atoms with E-state index in [4.69, 9.17) is 0 Å². The molecule has 0 spiro atoms. The number of anilines is 1. The molecule has 1 aliphatic heterocycles. The summed E-state index contributed by atoms with van der Waals surface area (Å²) in [4.78, 5) is 13.0. The number of carbonyl (C=O) groups excluding carboxylic acids is 1. The summed E-state index contributed by atoms with van der Waals surface area (Å²) < 4.78 is 32.4. The van der Waals surface area contributed by atoms with Crippen molar-refractivity contribution in [1.29, 1.82) is 0 Å². The van der Waals surface area contributed by atoms with Crippen LogP contribution in [0.2, 0.25) is 0 Å². The van der Waals surface area contributed by atoms with Crippen molar-refractivity contribution in [2.75, 3.05) is 4.90 Å². The number of benzene rings is 1. The quantitative estimate of drug-likeness (QED) is 0.942. The third-order valence-electron chi connectivity index (χ3n) is 3.41. The van der Waals surface area contributed by atoms with Crippen molar-refractivity contribution >= 4 is 22.9 Å². The van der Waals surface area contributed by atoms with Crippen molar-refractivity contribution in [2.45, 2.75) is 25.7 Å². The fraction of sp³-hybridized carbons (Fsp3) is 0.267. The number of hydrogen-bond donors (Lipinski definition) is 1. The van der Waals surface area contributed by atoms with E-state index in [9.17, 15) is 18.7 Å². The summed E-state index contributed by atoms with van der Waals surface area (Å²) in [5.41, 5.74) is 1.21. The largest absolute Gasteiger partial charge is 0.483 e. The van der Waals surface area contributed by atoms with E-state index in [1.165, 1.54) is 30.4 Å². The Morgan fingerprint density at radius 2 is 2.18 bits per heavy atom. The molecule has 3 rings (SSSR count). The topological polar surface area (TPSA) is 49.8 Å². The van der Waals surface area contributed by atoms with Crippen LogP contribution in [0.15, 0.2) is 35.0 Å². The van der Waals surface area contributed by atoms with Gasteiger partial charge in [0.1, 0.15) is 0 Å². The van der Waals surface area contributed by atoms with Crippen molar-refractivity contribution in [2.24, 2.45) is 0 Å². The molecule has 1 aromatic heterocycles. The van der Waals surface area contributed by atoms with Gasteiger partial charge in [-0.3, -0.25) is 9.69 Å². The zero-order chi connectivity index (χ0) is 15.9. The summed E-state index contributed by atoms with van der Waals surface area (Å²) in [6.07, 6.45) is -4.93. The Labute approximate surface area is 129 Å². The van der Waals surface area contributed by atoms with Crippen LogP contribution < -0.4 is 9.64 Å². The Morgan fingerprint density at radius 3 is 2.82 bits per heavy atom. The maximum absolute atomic E-state index is 13.9. The smallest absolute Gasteiger partial charge is 0.423 e. The van der Waals surface area contributed by atoms with Crippen LogP contribution in [-0.4, -0.2) is 17.1 Å². The standard InChI is InChI=1S/C15H13F2NO3S/c1-9(19)11-3-2-4-12-13(11)21-15(16,17)14(20)18(12)7-10-5-6-22-8-10/h2-6,8-9,19H,7H2,1H3. The monoisotopic (exact) mass is 325 g/mol. The molecule has 0 bridgehead atoms. The number of fused-ring (bicyclic) bond motifs is 1. The molecule has 1 atom stereocenters. The van der Waals surface area contributed by atoms with E-state index in [-0.39, 0.29) is 23.5 Å². The van der Waals surface area contributed by atoms with E-state index in [0.717, 1.165) is 10.5 Å². The van der Waals surface area contributed by atoms with E-state index in [2.05, 4.69) is 4.74 Å². The molecule has 2 aromatic rings. The number of ether oxygens (including phenoxy) is 1. The molecule has 1 unspecified atom stereocenters. The average molecular weight is 325 g/mol. The number of carbonyl (C=O) groups is 1. The van der Waals surface area contributed by atoms with Crippen molar-refractivity contribution < 1.29 is 23.4 Å². The average Bonchev–Trinajstić information content (AvgIpc) is 2.96. The summed E-state index contributed by atoms with van der Waals surface area (Å²) in [6.45, 7) is 1.48. The van der Waals surface area contributed by atoms with Gasteiger partial charge in [-0.05, 0) is 35.4 Å². The lowest BCUT2D eigenvalue weighted by Gasteiger charge is -2.34. The van der Waals surface area contributed by atoms with Gasteiger partial charge in [-0.1, -0.05) is 12.1 Å². The Bertz CT molecular complexity index is 701. The molecule has 0 saturated carbocycles. The van der Waals surface area contributed by atoms with Gasteiger partial charge < -0.3 is 9.84 Å². The van der Waals surface area contributed by atoms with Gasteiger partial charge >= 0.3 is 12.0 Å².